The number of unbranched alkanes of at least 4 members (excludes halogenated alkanes) is 7. The molecule has 0 aromatic carbocycles. The summed E-state index contributed by atoms with van der Waals surface area (Å²) in [5.41, 5.74) is 0. The summed E-state index contributed by atoms with van der Waals surface area (Å²) in [4.78, 5) is 10.4. The molecule has 3 heteroatoms. The molecule has 0 aromatic heterocycles. The Balaban J connectivity index is 3.25. The Kier molecular flexibility index (Phi) is 15.6. The maximum atomic E-state index is 10.4. The summed E-state index contributed by atoms with van der Waals surface area (Å²) in [6.07, 6.45) is 19.3. The largest absolute Gasteiger partial charge is 0.481 e. The Morgan fingerprint density at radius 3 is 2.19 bits per heavy atom. The molecule has 0 aliphatic rings. The van der Waals surface area contributed by atoms with Crippen molar-refractivity contribution >= 4 is 18.6 Å². The van der Waals surface area contributed by atoms with Crippen molar-refractivity contribution in [2.24, 2.45) is 0 Å². The topological polar surface area (TPSA) is 37.3 Å². The van der Waals surface area contributed by atoms with Gasteiger partial charge < -0.3 is 5.11 Å². The van der Waals surface area contributed by atoms with Crippen LogP contribution in [0, 0.1) is 0 Å². The van der Waals surface area contributed by atoms with E-state index in [1.54, 1.807) is 0 Å². The zero-order valence-corrected chi connectivity index (χ0v) is 14.6. The number of thiol groups is 1. The standard InChI is InChI=1S/C18H34O2S/c1-2-3-4-5-6-7-8-9-10-11-12-14-17(21)15-13-16-18(19)20/h9-10,17,21H,2-8,11-16H2,1H3,(H,19,20)/b10-9-. The molecule has 0 saturated heterocycles. The van der Waals surface area contributed by atoms with E-state index in [-0.39, 0.29) is 6.42 Å². The third-order valence-corrected chi connectivity index (χ3v) is 4.24. The van der Waals surface area contributed by atoms with Crippen molar-refractivity contribution in [1.82, 2.24) is 0 Å². The van der Waals surface area contributed by atoms with Crippen molar-refractivity contribution < 1.29 is 9.90 Å². The van der Waals surface area contributed by atoms with Crippen LogP contribution in [0.1, 0.15) is 90.4 Å². The van der Waals surface area contributed by atoms with Crippen molar-refractivity contribution in [2.75, 3.05) is 0 Å². The highest BCUT2D eigenvalue weighted by molar-refractivity contribution is 7.80. The van der Waals surface area contributed by atoms with Crippen LogP contribution < -0.4 is 0 Å². The molecule has 1 N–H and O–H groups in total. The molecular weight excluding hydrogens is 280 g/mol. The summed E-state index contributed by atoms with van der Waals surface area (Å²) in [7, 11) is 0. The monoisotopic (exact) mass is 314 g/mol. The van der Waals surface area contributed by atoms with Crippen LogP contribution in [0.25, 0.3) is 0 Å². The Labute approximate surface area is 136 Å². The molecular formula is C18H34O2S. The van der Waals surface area contributed by atoms with Gasteiger partial charge in [0.25, 0.3) is 0 Å². The number of carboxylic acids is 1. The number of hydrogen-bond donors (Lipinski definition) is 2. The Morgan fingerprint density at radius 1 is 0.952 bits per heavy atom. The van der Waals surface area contributed by atoms with Crippen LogP contribution in [0.15, 0.2) is 12.2 Å². The molecule has 0 radical (unpaired) electrons. The molecule has 21 heavy (non-hydrogen) atoms. The minimum absolute atomic E-state index is 0.273. The van der Waals surface area contributed by atoms with Crippen LogP contribution in [-0.2, 0) is 4.79 Å². The van der Waals surface area contributed by atoms with Gasteiger partial charge in [0.05, 0.1) is 0 Å². The van der Waals surface area contributed by atoms with Gasteiger partial charge >= 0.3 is 5.97 Å². The molecule has 0 bridgehead atoms. The van der Waals surface area contributed by atoms with E-state index in [0.29, 0.717) is 5.25 Å². The molecule has 0 aromatic rings. The highest BCUT2D eigenvalue weighted by Gasteiger charge is 2.04. The van der Waals surface area contributed by atoms with Crippen molar-refractivity contribution in [3.05, 3.63) is 12.2 Å². The van der Waals surface area contributed by atoms with Crippen LogP contribution in [-0.4, -0.2) is 16.3 Å². The summed E-state index contributed by atoms with van der Waals surface area (Å²) in [5, 5.41) is 8.93. The molecule has 0 amide bonds. The minimum atomic E-state index is -0.701. The van der Waals surface area contributed by atoms with Gasteiger partial charge in [0.2, 0.25) is 0 Å². The lowest BCUT2D eigenvalue weighted by Crippen LogP contribution is -2.01. The Morgan fingerprint density at radius 2 is 1.52 bits per heavy atom. The van der Waals surface area contributed by atoms with E-state index >= 15 is 0 Å². The average molecular weight is 315 g/mol. The van der Waals surface area contributed by atoms with Crippen LogP contribution in [0.3, 0.4) is 0 Å². The van der Waals surface area contributed by atoms with Gasteiger partial charge in [-0.2, -0.15) is 12.6 Å². The van der Waals surface area contributed by atoms with Gasteiger partial charge in [-0.3, -0.25) is 4.79 Å². The van der Waals surface area contributed by atoms with Gasteiger partial charge in [-0.1, -0.05) is 51.2 Å². The van der Waals surface area contributed by atoms with Crippen LogP contribution in [0.5, 0.6) is 0 Å². The maximum absolute atomic E-state index is 10.4. The Bertz CT molecular complexity index is 264. The molecule has 0 rings (SSSR count). The highest BCUT2D eigenvalue weighted by Crippen LogP contribution is 2.15. The molecule has 0 spiro atoms. The number of allylic oxidation sites excluding steroid dienone is 2. The van der Waals surface area contributed by atoms with E-state index in [4.69, 9.17) is 5.11 Å². The molecule has 124 valence electrons. The van der Waals surface area contributed by atoms with E-state index in [1.807, 2.05) is 0 Å². The number of rotatable bonds is 15. The van der Waals surface area contributed by atoms with Crippen LogP contribution in [0.4, 0.5) is 0 Å². The zero-order valence-electron chi connectivity index (χ0n) is 13.7. The molecule has 1 unspecified atom stereocenters. The first-order valence-corrected chi connectivity index (χ1v) is 9.23. The van der Waals surface area contributed by atoms with Gasteiger partial charge in [-0.15, -0.1) is 0 Å². The van der Waals surface area contributed by atoms with Gasteiger partial charge in [-0.05, 0) is 44.9 Å². The zero-order chi connectivity index (χ0) is 15.8. The van der Waals surface area contributed by atoms with Gasteiger partial charge in [-0.25, -0.2) is 0 Å². The van der Waals surface area contributed by atoms with Gasteiger partial charge in [0, 0.05) is 11.7 Å². The molecule has 1 atom stereocenters. The molecule has 0 aliphatic carbocycles. The second-order valence-electron chi connectivity index (χ2n) is 5.90. The highest BCUT2D eigenvalue weighted by atomic mass is 32.1. The van der Waals surface area contributed by atoms with E-state index in [1.165, 1.54) is 44.9 Å². The molecule has 0 heterocycles. The van der Waals surface area contributed by atoms with Crippen molar-refractivity contribution in [2.45, 2.75) is 95.6 Å². The minimum Gasteiger partial charge on any atom is -0.481 e. The smallest absolute Gasteiger partial charge is 0.303 e. The lowest BCUT2D eigenvalue weighted by molar-refractivity contribution is -0.137. The van der Waals surface area contributed by atoms with Crippen molar-refractivity contribution in [3.8, 4) is 0 Å². The lowest BCUT2D eigenvalue weighted by Gasteiger charge is -2.08. The molecule has 0 saturated carbocycles. The number of hydrogen-bond acceptors (Lipinski definition) is 2. The fraction of sp³-hybridized carbons (Fsp3) is 0.833. The van der Waals surface area contributed by atoms with E-state index in [0.717, 1.165) is 32.1 Å². The fourth-order valence-electron chi connectivity index (χ4n) is 2.38. The molecule has 0 aliphatic heterocycles. The predicted octanol–water partition coefficient (Wildman–Crippen LogP) is 6.02. The fourth-order valence-corrected chi connectivity index (χ4v) is 2.75. The normalized spacial score (nSPS) is 12.9. The van der Waals surface area contributed by atoms with Crippen LogP contribution in [0.2, 0.25) is 0 Å². The molecule has 2 nitrogen and oxygen atoms in total. The summed E-state index contributed by atoms with van der Waals surface area (Å²) in [6, 6.07) is 0. The first-order valence-electron chi connectivity index (χ1n) is 8.71. The Hall–Kier alpha value is -0.440. The second-order valence-corrected chi connectivity index (χ2v) is 6.63. The third-order valence-electron chi connectivity index (χ3n) is 3.73. The summed E-state index contributed by atoms with van der Waals surface area (Å²) >= 11 is 4.51. The maximum Gasteiger partial charge on any atom is 0.303 e. The lowest BCUT2D eigenvalue weighted by atomic mass is 10.1. The first kappa shape index (κ1) is 20.6. The predicted molar refractivity (Wildman–Crippen MR) is 95.2 cm³/mol. The van der Waals surface area contributed by atoms with E-state index in [2.05, 4.69) is 31.7 Å². The van der Waals surface area contributed by atoms with Crippen LogP contribution >= 0.6 is 12.6 Å². The van der Waals surface area contributed by atoms with Gasteiger partial charge in [0.1, 0.15) is 0 Å². The summed E-state index contributed by atoms with van der Waals surface area (Å²) in [5.74, 6) is -0.701. The van der Waals surface area contributed by atoms with E-state index < -0.39 is 5.97 Å². The summed E-state index contributed by atoms with van der Waals surface area (Å²) in [6.45, 7) is 2.25. The molecule has 0 fully saturated rings. The number of carbonyl (C=O) groups is 1. The first-order chi connectivity index (χ1) is 10.2. The second kappa shape index (κ2) is 15.9. The van der Waals surface area contributed by atoms with Gasteiger partial charge in [0.15, 0.2) is 0 Å². The average Bonchev–Trinajstić information content (AvgIpc) is 2.44. The van der Waals surface area contributed by atoms with Crippen molar-refractivity contribution in [3.63, 3.8) is 0 Å². The van der Waals surface area contributed by atoms with Crippen molar-refractivity contribution in [1.29, 1.82) is 0 Å². The summed E-state index contributed by atoms with van der Waals surface area (Å²) < 4.78 is 0. The number of carboxylic acid groups (broad SMARTS) is 1. The van der Waals surface area contributed by atoms with E-state index in [9.17, 15) is 4.79 Å². The number of aliphatic carboxylic acids is 1. The third kappa shape index (κ3) is 17.5. The SMILES string of the molecule is CCCCCCCC/C=C\CCCC(S)CCCC(=O)O. The quantitative estimate of drug-likeness (QED) is 0.220.